The molecule has 3 atom stereocenters. The van der Waals surface area contributed by atoms with E-state index < -0.39 is 17.5 Å². The predicted molar refractivity (Wildman–Crippen MR) is 168 cm³/mol. The van der Waals surface area contributed by atoms with E-state index in [1.54, 1.807) is 30.0 Å². The Balaban J connectivity index is 1.81. The number of benzene rings is 3. The number of esters is 1. The van der Waals surface area contributed by atoms with Crippen molar-refractivity contribution in [3.05, 3.63) is 89.5 Å². The second kappa shape index (κ2) is 15.1. The third-order valence-electron chi connectivity index (χ3n) is 7.66. The smallest absolute Gasteiger partial charge is 0.347 e. The van der Waals surface area contributed by atoms with E-state index >= 15 is 0 Å². The molecule has 3 rings (SSSR count). The number of rotatable bonds is 15. The Labute approximate surface area is 253 Å². The fourth-order valence-corrected chi connectivity index (χ4v) is 5.50. The number of Topliss-reactive ketones (excluding diaryl/α,β-unsaturated/α-hetero) is 1. The van der Waals surface area contributed by atoms with Crippen LogP contribution >= 0.6 is 11.8 Å². The Morgan fingerprint density at radius 3 is 2.21 bits per heavy atom. The Kier molecular flexibility index (Phi) is 11.8. The van der Waals surface area contributed by atoms with Crippen LogP contribution in [-0.4, -0.2) is 34.7 Å². The fourth-order valence-electron chi connectivity index (χ4n) is 5.09. The standard InChI is InChI=1S/C35H42O6S/c1-7-30(32(36)26-16-18-29(42-6)19-17-26)27(22-24(3)33(37)40-28-11-9-8-10-12-28)15-13-25-14-20-31(23(2)21-25)41-35(4,5)34(38)39/h8-12,14,16-21,24,27,30H,7,13,15,22H2,1-6H3,(H,38,39)/t24?,27-,30-/m0/s1. The van der Waals surface area contributed by atoms with E-state index in [2.05, 4.69) is 0 Å². The van der Waals surface area contributed by atoms with Gasteiger partial charge in [-0.3, -0.25) is 9.59 Å². The van der Waals surface area contributed by atoms with Crippen LogP contribution in [0.25, 0.3) is 0 Å². The van der Waals surface area contributed by atoms with Crippen molar-refractivity contribution in [2.45, 2.75) is 70.8 Å². The molecule has 0 fully saturated rings. The van der Waals surface area contributed by atoms with Gasteiger partial charge in [0.15, 0.2) is 11.4 Å². The maximum absolute atomic E-state index is 13.8. The van der Waals surface area contributed by atoms with Gasteiger partial charge in [0, 0.05) is 16.4 Å². The van der Waals surface area contributed by atoms with Crippen molar-refractivity contribution in [1.82, 2.24) is 0 Å². The van der Waals surface area contributed by atoms with Gasteiger partial charge in [0.2, 0.25) is 0 Å². The van der Waals surface area contributed by atoms with E-state index in [0.29, 0.717) is 42.7 Å². The topological polar surface area (TPSA) is 89.9 Å². The van der Waals surface area contributed by atoms with Crippen LogP contribution in [0.3, 0.4) is 0 Å². The molecule has 0 spiro atoms. The zero-order valence-corrected chi connectivity index (χ0v) is 26.2. The van der Waals surface area contributed by atoms with Gasteiger partial charge in [-0.25, -0.2) is 4.79 Å². The highest BCUT2D eigenvalue weighted by molar-refractivity contribution is 7.98. The highest BCUT2D eigenvalue weighted by atomic mass is 32.2. The summed E-state index contributed by atoms with van der Waals surface area (Å²) in [4.78, 5) is 39.4. The molecule has 0 amide bonds. The molecular formula is C35H42O6S. The number of aliphatic carboxylic acids is 1. The van der Waals surface area contributed by atoms with Gasteiger partial charge in [-0.2, -0.15) is 0 Å². The molecule has 1 N–H and O–H groups in total. The summed E-state index contributed by atoms with van der Waals surface area (Å²) in [6, 6.07) is 22.5. The first-order valence-electron chi connectivity index (χ1n) is 14.4. The molecule has 0 saturated carbocycles. The van der Waals surface area contributed by atoms with Crippen molar-refractivity contribution in [2.75, 3.05) is 6.26 Å². The molecule has 0 aliphatic carbocycles. The number of aryl methyl sites for hydroxylation is 2. The lowest BCUT2D eigenvalue weighted by atomic mass is 9.76. The van der Waals surface area contributed by atoms with Crippen LogP contribution in [0, 0.1) is 24.7 Å². The number of para-hydroxylation sites is 1. The average molecular weight is 591 g/mol. The summed E-state index contributed by atoms with van der Waals surface area (Å²) in [6.07, 6.45) is 4.58. The van der Waals surface area contributed by atoms with Crippen molar-refractivity contribution in [2.24, 2.45) is 17.8 Å². The Morgan fingerprint density at radius 1 is 0.976 bits per heavy atom. The van der Waals surface area contributed by atoms with Gasteiger partial charge >= 0.3 is 11.9 Å². The number of thioether (sulfide) groups is 1. The Bertz CT molecular complexity index is 1350. The van der Waals surface area contributed by atoms with E-state index in [-0.39, 0.29) is 23.6 Å². The lowest BCUT2D eigenvalue weighted by Gasteiger charge is -2.28. The summed E-state index contributed by atoms with van der Waals surface area (Å²) in [5.74, 6) is -0.924. The molecule has 0 radical (unpaired) electrons. The second-order valence-corrected chi connectivity index (χ2v) is 12.2. The zero-order chi connectivity index (χ0) is 30.9. The number of hydrogen-bond donors (Lipinski definition) is 1. The SMILES string of the molecule is CC[C@H](C(=O)c1ccc(SC)cc1)[C@@H](CCc1ccc(OC(C)(C)C(=O)O)c(C)c1)CC(C)C(=O)Oc1ccccc1. The van der Waals surface area contributed by atoms with Crippen LogP contribution in [0.2, 0.25) is 0 Å². The summed E-state index contributed by atoms with van der Waals surface area (Å²) in [6.45, 7) is 8.83. The van der Waals surface area contributed by atoms with E-state index in [1.165, 1.54) is 13.8 Å². The van der Waals surface area contributed by atoms with E-state index in [4.69, 9.17) is 9.47 Å². The van der Waals surface area contributed by atoms with Crippen molar-refractivity contribution < 1.29 is 29.0 Å². The number of carboxylic acids is 1. The zero-order valence-electron chi connectivity index (χ0n) is 25.4. The number of ether oxygens (including phenoxy) is 2. The number of ketones is 1. The molecule has 6 nitrogen and oxygen atoms in total. The molecule has 3 aromatic rings. The third kappa shape index (κ3) is 8.96. The minimum atomic E-state index is -1.34. The first-order chi connectivity index (χ1) is 19.9. The molecule has 1 unspecified atom stereocenters. The van der Waals surface area contributed by atoms with Crippen LogP contribution in [0.15, 0.2) is 77.7 Å². The maximum Gasteiger partial charge on any atom is 0.347 e. The van der Waals surface area contributed by atoms with Crippen LogP contribution in [0.1, 0.15) is 68.4 Å². The first-order valence-corrected chi connectivity index (χ1v) is 15.6. The highest BCUT2D eigenvalue weighted by Crippen LogP contribution is 2.33. The molecular weight excluding hydrogens is 548 g/mol. The molecule has 0 aromatic heterocycles. The molecule has 0 bridgehead atoms. The molecule has 42 heavy (non-hydrogen) atoms. The molecule has 0 aliphatic heterocycles. The summed E-state index contributed by atoms with van der Waals surface area (Å²) < 4.78 is 11.4. The van der Waals surface area contributed by atoms with Gasteiger partial charge in [0.25, 0.3) is 0 Å². The fraction of sp³-hybridized carbons (Fsp3) is 0.400. The molecule has 7 heteroatoms. The number of hydrogen-bond acceptors (Lipinski definition) is 6. The number of carboxylic acid groups (broad SMARTS) is 1. The monoisotopic (exact) mass is 590 g/mol. The second-order valence-electron chi connectivity index (χ2n) is 11.3. The van der Waals surface area contributed by atoms with Crippen LogP contribution in [0.5, 0.6) is 11.5 Å². The Hall–Kier alpha value is -3.58. The molecule has 0 aliphatic rings. The molecule has 3 aromatic carbocycles. The quantitative estimate of drug-likeness (QED) is 0.0829. The normalized spacial score (nSPS) is 13.6. The molecule has 0 saturated heterocycles. The Morgan fingerprint density at radius 2 is 1.64 bits per heavy atom. The summed E-state index contributed by atoms with van der Waals surface area (Å²) >= 11 is 1.63. The van der Waals surface area contributed by atoms with Crippen LogP contribution in [0.4, 0.5) is 0 Å². The van der Waals surface area contributed by atoms with Crippen molar-refractivity contribution >= 4 is 29.5 Å². The number of carbonyl (C=O) groups excluding carboxylic acids is 2. The minimum absolute atomic E-state index is 0.0526. The number of carbonyl (C=O) groups is 3. The van der Waals surface area contributed by atoms with Crippen LogP contribution < -0.4 is 9.47 Å². The summed E-state index contributed by atoms with van der Waals surface area (Å²) in [7, 11) is 0. The van der Waals surface area contributed by atoms with E-state index in [1.807, 2.05) is 81.6 Å². The van der Waals surface area contributed by atoms with Gasteiger partial charge < -0.3 is 14.6 Å². The predicted octanol–water partition coefficient (Wildman–Crippen LogP) is 8.05. The van der Waals surface area contributed by atoms with Gasteiger partial charge in [-0.1, -0.05) is 56.3 Å². The van der Waals surface area contributed by atoms with Crippen LogP contribution in [-0.2, 0) is 16.0 Å². The van der Waals surface area contributed by atoms with E-state index in [0.717, 1.165) is 16.0 Å². The van der Waals surface area contributed by atoms with Crippen molar-refractivity contribution in [1.29, 1.82) is 0 Å². The first kappa shape index (κ1) is 32.9. The summed E-state index contributed by atoms with van der Waals surface area (Å²) in [5.41, 5.74) is 1.24. The van der Waals surface area contributed by atoms with Gasteiger partial charge in [0.05, 0.1) is 5.92 Å². The van der Waals surface area contributed by atoms with Crippen molar-refractivity contribution in [3.63, 3.8) is 0 Å². The molecule has 224 valence electrons. The maximum atomic E-state index is 13.8. The highest BCUT2D eigenvalue weighted by Gasteiger charge is 2.32. The average Bonchev–Trinajstić information content (AvgIpc) is 2.97. The van der Waals surface area contributed by atoms with Gasteiger partial charge in [-0.05, 0) is 100 Å². The lowest BCUT2D eigenvalue weighted by Crippen LogP contribution is -2.38. The van der Waals surface area contributed by atoms with Gasteiger partial charge in [-0.15, -0.1) is 11.8 Å². The largest absolute Gasteiger partial charge is 0.478 e. The minimum Gasteiger partial charge on any atom is -0.478 e. The van der Waals surface area contributed by atoms with Gasteiger partial charge in [0.1, 0.15) is 11.5 Å². The molecule has 0 heterocycles. The van der Waals surface area contributed by atoms with Crippen molar-refractivity contribution in [3.8, 4) is 11.5 Å². The lowest BCUT2D eigenvalue weighted by molar-refractivity contribution is -0.152. The summed E-state index contributed by atoms with van der Waals surface area (Å²) in [5, 5.41) is 9.43. The van der Waals surface area contributed by atoms with E-state index in [9.17, 15) is 19.5 Å². The third-order valence-corrected chi connectivity index (χ3v) is 8.41.